The maximum absolute atomic E-state index is 12.4. The van der Waals surface area contributed by atoms with E-state index < -0.39 is 5.91 Å². The van der Waals surface area contributed by atoms with Crippen molar-refractivity contribution in [3.63, 3.8) is 0 Å². The van der Waals surface area contributed by atoms with Crippen LogP contribution in [0.4, 0.5) is 0 Å². The summed E-state index contributed by atoms with van der Waals surface area (Å²) in [7, 11) is 0. The monoisotopic (exact) mass is 568 g/mol. The van der Waals surface area contributed by atoms with Crippen LogP contribution in [0.5, 0.6) is 11.5 Å². The summed E-state index contributed by atoms with van der Waals surface area (Å²) in [4.78, 5) is 27.0. The van der Waals surface area contributed by atoms with Crippen LogP contribution in [0.1, 0.15) is 36.1 Å². The minimum atomic E-state index is -0.414. The van der Waals surface area contributed by atoms with Crippen molar-refractivity contribution in [3.05, 3.63) is 91.8 Å². The molecule has 2 bridgehead atoms. The number of nitrogens with zero attached hydrogens (tertiary/aromatic N) is 3. The number of ether oxygens (including phenoxy) is 2. The Balaban J connectivity index is 1.22. The molecule has 10 heteroatoms. The molecule has 1 saturated heterocycles. The largest absolute Gasteiger partial charge is 0.494 e. The highest BCUT2D eigenvalue weighted by atomic mass is 35.5. The average Bonchev–Trinajstić information content (AvgIpc) is 2.90. The zero-order valence-corrected chi connectivity index (χ0v) is 23.1. The second-order valence-electron chi connectivity index (χ2n) is 9.85. The standard InChI is InChI=1S/C29H30Cl2N4O4/c1-2-38-26-8-6-19(13-32-33-28(36)18-39-27-9-7-23(30)12-24(27)31)10-22(26)17-34-14-20-11-21(16-34)25-4-3-5-29(37)35(25)15-20/h3-10,12-13,20-21H,2,11,14-18H2,1H3,(H,33,36)/b32-13-/t20-,21+/m1/s1. The SMILES string of the molecule is CCOc1ccc(/C=N\NC(=O)COc2ccc(Cl)cc2Cl)cc1CN1C[C@H]2C[C@@H](C1)c1cccc(=O)n1C2. The van der Waals surface area contributed by atoms with Crippen molar-refractivity contribution in [2.24, 2.45) is 11.0 Å². The predicted octanol–water partition coefficient (Wildman–Crippen LogP) is 4.70. The minimum absolute atomic E-state index is 0.0914. The Labute approximate surface area is 237 Å². The fourth-order valence-corrected chi connectivity index (χ4v) is 5.87. The molecule has 0 unspecified atom stereocenters. The van der Waals surface area contributed by atoms with Crippen LogP contribution < -0.4 is 20.5 Å². The molecule has 1 N–H and O–H groups in total. The lowest BCUT2D eigenvalue weighted by Gasteiger charge is -2.43. The molecule has 1 amide bonds. The van der Waals surface area contributed by atoms with Gasteiger partial charge in [-0.15, -0.1) is 0 Å². The molecule has 2 aliphatic heterocycles. The van der Waals surface area contributed by atoms with Crippen LogP contribution in [0.25, 0.3) is 0 Å². The van der Waals surface area contributed by atoms with E-state index in [0.717, 1.165) is 55.2 Å². The summed E-state index contributed by atoms with van der Waals surface area (Å²) in [5, 5.41) is 4.91. The molecular weight excluding hydrogens is 539 g/mol. The number of likely N-dealkylation sites (tertiary alicyclic amines) is 1. The summed E-state index contributed by atoms with van der Waals surface area (Å²) in [5.74, 6) is 1.57. The van der Waals surface area contributed by atoms with Gasteiger partial charge in [0.05, 0.1) is 17.8 Å². The first-order valence-electron chi connectivity index (χ1n) is 13.0. The number of pyridine rings is 1. The third-order valence-corrected chi connectivity index (χ3v) is 7.52. The number of carbonyl (C=O) groups excluding carboxylic acids is 1. The van der Waals surface area contributed by atoms with E-state index in [0.29, 0.717) is 34.2 Å². The molecule has 2 atom stereocenters. The fraction of sp³-hybridized carbons (Fsp3) is 0.345. The van der Waals surface area contributed by atoms with Gasteiger partial charge in [-0.05, 0) is 67.3 Å². The van der Waals surface area contributed by atoms with E-state index in [1.807, 2.05) is 35.8 Å². The summed E-state index contributed by atoms with van der Waals surface area (Å²) in [6.07, 6.45) is 2.71. The van der Waals surface area contributed by atoms with Crippen molar-refractivity contribution in [2.75, 3.05) is 26.3 Å². The van der Waals surface area contributed by atoms with Gasteiger partial charge < -0.3 is 14.0 Å². The molecule has 204 valence electrons. The van der Waals surface area contributed by atoms with Crippen LogP contribution >= 0.6 is 23.2 Å². The van der Waals surface area contributed by atoms with Crippen LogP contribution in [0, 0.1) is 5.92 Å². The Morgan fingerprint density at radius 2 is 1.92 bits per heavy atom. The van der Waals surface area contributed by atoms with Gasteiger partial charge in [0.15, 0.2) is 6.61 Å². The van der Waals surface area contributed by atoms with Crippen molar-refractivity contribution in [1.29, 1.82) is 0 Å². The number of carbonyl (C=O) groups is 1. The number of piperidine rings is 1. The smallest absolute Gasteiger partial charge is 0.277 e. The zero-order chi connectivity index (χ0) is 27.4. The van der Waals surface area contributed by atoms with Gasteiger partial charge in [-0.3, -0.25) is 14.5 Å². The molecule has 1 aromatic heterocycles. The van der Waals surface area contributed by atoms with E-state index in [4.69, 9.17) is 32.7 Å². The van der Waals surface area contributed by atoms with Gasteiger partial charge >= 0.3 is 0 Å². The van der Waals surface area contributed by atoms with E-state index in [1.165, 1.54) is 0 Å². The van der Waals surface area contributed by atoms with Gasteiger partial charge in [0, 0.05) is 54.4 Å². The number of halogens is 2. The lowest BCUT2D eigenvalue weighted by atomic mass is 9.83. The quantitative estimate of drug-likeness (QED) is 0.298. The number of nitrogens with one attached hydrogen (secondary N) is 1. The molecule has 2 aliphatic rings. The molecule has 0 spiro atoms. The van der Waals surface area contributed by atoms with Crippen molar-refractivity contribution in [2.45, 2.75) is 32.4 Å². The number of rotatable bonds is 9. The third kappa shape index (κ3) is 6.64. The number of hydrogen-bond donors (Lipinski definition) is 1. The van der Waals surface area contributed by atoms with Crippen LogP contribution in [0.3, 0.4) is 0 Å². The van der Waals surface area contributed by atoms with E-state index in [9.17, 15) is 9.59 Å². The highest BCUT2D eigenvalue weighted by Crippen LogP contribution is 2.36. The van der Waals surface area contributed by atoms with Crippen molar-refractivity contribution in [3.8, 4) is 11.5 Å². The first kappa shape index (κ1) is 27.2. The number of aromatic nitrogens is 1. The first-order chi connectivity index (χ1) is 18.9. The Bertz CT molecular complexity index is 1440. The predicted molar refractivity (Wildman–Crippen MR) is 152 cm³/mol. The maximum Gasteiger partial charge on any atom is 0.277 e. The van der Waals surface area contributed by atoms with Gasteiger partial charge in [-0.1, -0.05) is 29.3 Å². The van der Waals surface area contributed by atoms with Crippen molar-refractivity contribution < 1.29 is 14.3 Å². The lowest BCUT2D eigenvalue weighted by Crippen LogP contribution is -2.46. The van der Waals surface area contributed by atoms with E-state index in [2.05, 4.69) is 21.5 Å². The van der Waals surface area contributed by atoms with E-state index in [-0.39, 0.29) is 12.2 Å². The van der Waals surface area contributed by atoms with Gasteiger partial charge in [0.25, 0.3) is 11.5 Å². The zero-order valence-electron chi connectivity index (χ0n) is 21.6. The number of hydrogen-bond acceptors (Lipinski definition) is 6. The molecule has 8 nitrogen and oxygen atoms in total. The number of hydrazone groups is 1. The molecule has 0 saturated carbocycles. The topological polar surface area (TPSA) is 85.2 Å². The molecule has 0 radical (unpaired) electrons. The Morgan fingerprint density at radius 1 is 1.08 bits per heavy atom. The molecule has 3 heterocycles. The number of fused-ring (bicyclic) bond motifs is 4. The van der Waals surface area contributed by atoms with E-state index >= 15 is 0 Å². The molecule has 39 heavy (non-hydrogen) atoms. The van der Waals surface area contributed by atoms with Gasteiger partial charge in [-0.2, -0.15) is 5.10 Å². The minimum Gasteiger partial charge on any atom is -0.494 e. The Hall–Kier alpha value is -3.33. The summed E-state index contributed by atoms with van der Waals surface area (Å²) in [5.41, 5.74) is 5.60. The van der Waals surface area contributed by atoms with Crippen LogP contribution in [0.2, 0.25) is 10.0 Å². The summed E-state index contributed by atoms with van der Waals surface area (Å²) < 4.78 is 13.3. The molecule has 0 aliphatic carbocycles. The summed E-state index contributed by atoms with van der Waals surface area (Å²) in [6, 6.07) is 16.3. The molecular formula is C29H30Cl2N4O4. The van der Waals surface area contributed by atoms with Crippen LogP contribution in [0.15, 0.2) is 64.5 Å². The van der Waals surface area contributed by atoms with Gasteiger partial charge in [0.2, 0.25) is 0 Å². The van der Waals surface area contributed by atoms with Gasteiger partial charge in [0.1, 0.15) is 11.5 Å². The number of amides is 1. The highest BCUT2D eigenvalue weighted by molar-refractivity contribution is 6.35. The van der Waals surface area contributed by atoms with E-state index in [1.54, 1.807) is 30.5 Å². The van der Waals surface area contributed by atoms with Crippen LogP contribution in [-0.2, 0) is 17.9 Å². The van der Waals surface area contributed by atoms with Crippen molar-refractivity contribution >= 4 is 35.3 Å². The second kappa shape index (κ2) is 12.2. The molecule has 2 aromatic carbocycles. The van der Waals surface area contributed by atoms with Gasteiger partial charge in [-0.25, -0.2) is 5.43 Å². The molecule has 3 aromatic rings. The second-order valence-corrected chi connectivity index (χ2v) is 10.7. The molecule has 5 rings (SSSR count). The van der Waals surface area contributed by atoms with Crippen LogP contribution in [-0.4, -0.2) is 47.9 Å². The fourth-order valence-electron chi connectivity index (χ4n) is 5.41. The normalized spacial score (nSPS) is 18.5. The maximum atomic E-state index is 12.4. The average molecular weight is 569 g/mol. The number of benzene rings is 2. The van der Waals surface area contributed by atoms with Crippen molar-refractivity contribution in [1.82, 2.24) is 14.9 Å². The molecule has 1 fully saturated rings. The first-order valence-corrected chi connectivity index (χ1v) is 13.7. The summed E-state index contributed by atoms with van der Waals surface area (Å²) in [6.45, 7) is 5.60. The Morgan fingerprint density at radius 3 is 2.74 bits per heavy atom. The highest BCUT2D eigenvalue weighted by Gasteiger charge is 2.34. The lowest BCUT2D eigenvalue weighted by molar-refractivity contribution is -0.123. The third-order valence-electron chi connectivity index (χ3n) is 6.99. The summed E-state index contributed by atoms with van der Waals surface area (Å²) >= 11 is 12.0. The Kier molecular flexibility index (Phi) is 8.55.